The Kier molecular flexibility index (Phi) is 3.66. The molecule has 2 aromatic rings. The number of halogens is 1. The zero-order chi connectivity index (χ0) is 15.9. The second-order valence-electron chi connectivity index (χ2n) is 6.21. The van der Waals surface area contributed by atoms with E-state index in [4.69, 9.17) is 21.1 Å². The van der Waals surface area contributed by atoms with Gasteiger partial charge in [-0.1, -0.05) is 23.7 Å². The number of ether oxygens (including phenoxy) is 2. The number of aromatic nitrogens is 1. The van der Waals surface area contributed by atoms with Crippen LogP contribution in [0.15, 0.2) is 36.5 Å². The van der Waals surface area contributed by atoms with Crippen molar-refractivity contribution in [3.05, 3.63) is 52.8 Å². The average molecular weight is 331 g/mol. The lowest BCUT2D eigenvalue weighted by atomic mass is 9.89. The van der Waals surface area contributed by atoms with Gasteiger partial charge in [-0.05, 0) is 50.0 Å². The molecule has 4 nitrogen and oxygen atoms in total. The van der Waals surface area contributed by atoms with Crippen LogP contribution < -0.4 is 14.8 Å². The van der Waals surface area contributed by atoms with Crippen molar-refractivity contribution in [1.29, 1.82) is 0 Å². The molecule has 1 aromatic heterocycles. The van der Waals surface area contributed by atoms with Gasteiger partial charge in [0.15, 0.2) is 11.5 Å². The van der Waals surface area contributed by atoms with Gasteiger partial charge in [0.05, 0.1) is 5.02 Å². The van der Waals surface area contributed by atoms with Crippen LogP contribution in [0.25, 0.3) is 0 Å². The standard InChI is InChI=1S/C18H19ClN2O2/c1-18(16-6-5-13(19)11-21-16)22-15-4-2-3-14(17(15)23-18)12-7-9-20-10-8-12/h2-6,11-12,20H,7-10H2,1H3/t18-/m0/s1. The highest BCUT2D eigenvalue weighted by molar-refractivity contribution is 6.30. The fourth-order valence-electron chi connectivity index (χ4n) is 3.35. The Morgan fingerprint density at radius 3 is 2.74 bits per heavy atom. The Morgan fingerprint density at radius 2 is 2.00 bits per heavy atom. The number of fused-ring (bicyclic) bond motifs is 1. The van der Waals surface area contributed by atoms with Gasteiger partial charge in [-0.2, -0.15) is 0 Å². The molecule has 120 valence electrons. The summed E-state index contributed by atoms with van der Waals surface area (Å²) in [5, 5.41) is 4.01. The number of nitrogens with one attached hydrogen (secondary N) is 1. The van der Waals surface area contributed by atoms with Gasteiger partial charge in [-0.3, -0.25) is 4.98 Å². The summed E-state index contributed by atoms with van der Waals surface area (Å²) in [5.74, 6) is 1.25. The molecular weight excluding hydrogens is 312 g/mol. The minimum Gasteiger partial charge on any atom is -0.443 e. The summed E-state index contributed by atoms with van der Waals surface area (Å²) in [6.07, 6.45) is 3.86. The van der Waals surface area contributed by atoms with Crippen LogP contribution in [0.2, 0.25) is 5.02 Å². The Morgan fingerprint density at radius 1 is 1.17 bits per heavy atom. The van der Waals surface area contributed by atoms with Gasteiger partial charge in [0.25, 0.3) is 5.79 Å². The molecule has 2 aliphatic heterocycles. The van der Waals surface area contributed by atoms with E-state index in [1.54, 1.807) is 12.3 Å². The zero-order valence-electron chi connectivity index (χ0n) is 13.0. The second kappa shape index (κ2) is 5.69. The Bertz CT molecular complexity index is 713. The summed E-state index contributed by atoms with van der Waals surface area (Å²) in [6.45, 7) is 3.99. The van der Waals surface area contributed by atoms with Crippen LogP contribution in [0.1, 0.15) is 36.9 Å². The highest BCUT2D eigenvalue weighted by Gasteiger charge is 2.42. The third kappa shape index (κ3) is 2.66. The molecule has 0 bridgehead atoms. The first-order valence-corrected chi connectivity index (χ1v) is 8.37. The molecule has 0 radical (unpaired) electrons. The number of rotatable bonds is 2. The van der Waals surface area contributed by atoms with E-state index >= 15 is 0 Å². The van der Waals surface area contributed by atoms with E-state index in [1.165, 1.54) is 5.56 Å². The SMILES string of the molecule is C[C@]1(c2ccc(Cl)cn2)Oc2cccc(C3CCNCC3)c2O1. The maximum Gasteiger partial charge on any atom is 0.292 e. The summed E-state index contributed by atoms with van der Waals surface area (Å²) in [4.78, 5) is 4.37. The zero-order valence-corrected chi connectivity index (χ0v) is 13.8. The molecule has 1 saturated heterocycles. The van der Waals surface area contributed by atoms with E-state index in [2.05, 4.69) is 16.4 Å². The highest BCUT2D eigenvalue weighted by Crippen LogP contribution is 2.48. The summed E-state index contributed by atoms with van der Waals surface area (Å²) in [5.41, 5.74) is 1.95. The first kappa shape index (κ1) is 14.8. The van der Waals surface area contributed by atoms with Gasteiger partial charge >= 0.3 is 0 Å². The molecule has 4 rings (SSSR count). The van der Waals surface area contributed by atoms with Crippen molar-refractivity contribution in [3.63, 3.8) is 0 Å². The van der Waals surface area contributed by atoms with Gasteiger partial charge in [0.1, 0.15) is 5.69 Å². The lowest BCUT2D eigenvalue weighted by Crippen LogP contribution is -2.32. The van der Waals surface area contributed by atoms with Crippen LogP contribution in [0.5, 0.6) is 11.5 Å². The molecule has 0 saturated carbocycles. The number of hydrogen-bond acceptors (Lipinski definition) is 4. The van der Waals surface area contributed by atoms with Gasteiger partial charge in [0.2, 0.25) is 0 Å². The largest absolute Gasteiger partial charge is 0.443 e. The molecular formula is C18H19ClN2O2. The summed E-state index contributed by atoms with van der Waals surface area (Å²) >= 11 is 5.93. The van der Waals surface area contributed by atoms with Gasteiger partial charge < -0.3 is 14.8 Å². The van der Waals surface area contributed by atoms with Crippen LogP contribution in [0.3, 0.4) is 0 Å². The van der Waals surface area contributed by atoms with Crippen molar-refractivity contribution in [3.8, 4) is 11.5 Å². The maximum atomic E-state index is 6.26. The Balaban J connectivity index is 1.67. The molecule has 2 aliphatic rings. The van der Waals surface area contributed by atoms with Gasteiger partial charge in [-0.25, -0.2) is 0 Å². The Labute approximate surface area is 140 Å². The lowest BCUT2D eigenvalue weighted by Gasteiger charge is -2.25. The third-order valence-electron chi connectivity index (χ3n) is 4.58. The number of para-hydroxylation sites is 1. The quantitative estimate of drug-likeness (QED) is 0.908. The van der Waals surface area contributed by atoms with Gasteiger partial charge in [0, 0.05) is 18.7 Å². The van der Waals surface area contributed by atoms with E-state index < -0.39 is 5.79 Å². The predicted octanol–water partition coefficient (Wildman–Crippen LogP) is 3.85. The lowest BCUT2D eigenvalue weighted by molar-refractivity contribution is -0.0722. The number of nitrogens with zero attached hydrogens (tertiary/aromatic N) is 1. The van der Waals surface area contributed by atoms with Crippen molar-refractivity contribution in [2.75, 3.05) is 13.1 Å². The van der Waals surface area contributed by atoms with E-state index in [9.17, 15) is 0 Å². The fraction of sp³-hybridized carbons (Fsp3) is 0.389. The molecule has 0 aliphatic carbocycles. The monoisotopic (exact) mass is 330 g/mol. The van der Waals surface area contributed by atoms with E-state index in [1.807, 2.05) is 25.1 Å². The number of pyridine rings is 1. The van der Waals surface area contributed by atoms with Crippen molar-refractivity contribution in [2.45, 2.75) is 31.5 Å². The Hall–Kier alpha value is -1.78. The molecule has 5 heteroatoms. The van der Waals surface area contributed by atoms with Crippen molar-refractivity contribution < 1.29 is 9.47 Å². The molecule has 23 heavy (non-hydrogen) atoms. The van der Waals surface area contributed by atoms with Crippen molar-refractivity contribution in [2.24, 2.45) is 0 Å². The van der Waals surface area contributed by atoms with Gasteiger partial charge in [-0.15, -0.1) is 0 Å². The van der Waals surface area contributed by atoms with Crippen LogP contribution in [-0.4, -0.2) is 18.1 Å². The van der Waals surface area contributed by atoms with Crippen LogP contribution in [0, 0.1) is 0 Å². The summed E-state index contributed by atoms with van der Waals surface area (Å²) in [6, 6.07) is 9.80. The molecule has 1 aromatic carbocycles. The van der Waals surface area contributed by atoms with Crippen LogP contribution >= 0.6 is 11.6 Å². The molecule has 1 N–H and O–H groups in total. The molecule has 0 unspecified atom stereocenters. The summed E-state index contributed by atoms with van der Waals surface area (Å²) in [7, 11) is 0. The van der Waals surface area contributed by atoms with E-state index in [0.717, 1.165) is 43.1 Å². The van der Waals surface area contributed by atoms with Crippen molar-refractivity contribution in [1.82, 2.24) is 10.3 Å². The molecule has 0 amide bonds. The average Bonchev–Trinajstić information content (AvgIpc) is 2.93. The van der Waals surface area contributed by atoms with Crippen LogP contribution in [-0.2, 0) is 5.79 Å². The van der Waals surface area contributed by atoms with E-state index in [0.29, 0.717) is 10.9 Å². The van der Waals surface area contributed by atoms with E-state index in [-0.39, 0.29) is 0 Å². The number of piperidine rings is 1. The highest BCUT2D eigenvalue weighted by atomic mass is 35.5. The molecule has 3 heterocycles. The molecule has 0 spiro atoms. The normalized spacial score (nSPS) is 23.9. The maximum absolute atomic E-state index is 6.26. The fourth-order valence-corrected chi connectivity index (χ4v) is 3.46. The smallest absolute Gasteiger partial charge is 0.292 e. The first-order valence-electron chi connectivity index (χ1n) is 7.99. The topological polar surface area (TPSA) is 43.4 Å². The first-order chi connectivity index (χ1) is 11.2. The molecule has 1 fully saturated rings. The molecule has 1 atom stereocenters. The second-order valence-corrected chi connectivity index (χ2v) is 6.65. The predicted molar refractivity (Wildman–Crippen MR) is 89.1 cm³/mol. The summed E-state index contributed by atoms with van der Waals surface area (Å²) < 4.78 is 12.4. The van der Waals surface area contributed by atoms with Crippen LogP contribution in [0.4, 0.5) is 0 Å². The minimum absolute atomic E-state index is 0.510. The number of benzene rings is 1. The number of hydrogen-bond donors (Lipinski definition) is 1. The minimum atomic E-state index is -0.907. The third-order valence-corrected chi connectivity index (χ3v) is 4.81. The van der Waals surface area contributed by atoms with Crippen molar-refractivity contribution >= 4 is 11.6 Å².